The Morgan fingerprint density at radius 3 is 2.94 bits per heavy atom. The first kappa shape index (κ1) is 12.5. The average molecular weight is 235 g/mol. The number of aryl methyl sites for hydroxylation is 1. The predicted octanol–water partition coefficient (Wildman–Crippen LogP) is 1.64. The standard InChI is InChI=1S/C13H21N3O/c1-9(2)6-11-7-10(3)15-13(16-11)12-8-14-4-5-17-12/h7,9,12,14H,4-6,8H2,1-3H3. The summed E-state index contributed by atoms with van der Waals surface area (Å²) in [5.74, 6) is 1.44. The Morgan fingerprint density at radius 2 is 2.29 bits per heavy atom. The van der Waals surface area contributed by atoms with Crippen LogP contribution < -0.4 is 5.32 Å². The summed E-state index contributed by atoms with van der Waals surface area (Å²) in [6, 6.07) is 2.07. The largest absolute Gasteiger partial charge is 0.368 e. The third-order valence-corrected chi connectivity index (χ3v) is 2.76. The molecule has 1 atom stereocenters. The quantitative estimate of drug-likeness (QED) is 0.865. The van der Waals surface area contributed by atoms with Gasteiger partial charge in [-0.1, -0.05) is 13.8 Å². The molecule has 4 nitrogen and oxygen atoms in total. The van der Waals surface area contributed by atoms with E-state index in [1.165, 1.54) is 0 Å². The lowest BCUT2D eigenvalue weighted by Gasteiger charge is -2.23. The summed E-state index contributed by atoms with van der Waals surface area (Å²) in [6.45, 7) is 8.89. The highest BCUT2D eigenvalue weighted by atomic mass is 16.5. The zero-order valence-corrected chi connectivity index (χ0v) is 10.9. The maximum absolute atomic E-state index is 5.69. The number of hydrogen-bond acceptors (Lipinski definition) is 4. The number of aromatic nitrogens is 2. The van der Waals surface area contributed by atoms with Gasteiger partial charge in [-0.15, -0.1) is 0 Å². The Kier molecular flexibility index (Phi) is 4.07. The molecule has 0 aliphatic carbocycles. The first-order valence-electron chi connectivity index (χ1n) is 6.32. The minimum atomic E-state index is 0.00885. The van der Waals surface area contributed by atoms with Gasteiger partial charge in [-0.25, -0.2) is 9.97 Å². The molecule has 0 aromatic carbocycles. The van der Waals surface area contributed by atoms with Crippen LogP contribution in [0.3, 0.4) is 0 Å². The van der Waals surface area contributed by atoms with Gasteiger partial charge in [-0.3, -0.25) is 0 Å². The first-order chi connectivity index (χ1) is 8.15. The Balaban J connectivity index is 2.18. The molecule has 0 radical (unpaired) electrons. The van der Waals surface area contributed by atoms with Gasteiger partial charge >= 0.3 is 0 Å². The van der Waals surface area contributed by atoms with Crippen molar-refractivity contribution in [2.45, 2.75) is 33.3 Å². The Labute approximate surface area is 103 Å². The van der Waals surface area contributed by atoms with Crippen molar-refractivity contribution in [1.82, 2.24) is 15.3 Å². The summed E-state index contributed by atoms with van der Waals surface area (Å²) in [5.41, 5.74) is 2.15. The van der Waals surface area contributed by atoms with E-state index in [-0.39, 0.29) is 6.10 Å². The summed E-state index contributed by atoms with van der Waals surface area (Å²) < 4.78 is 5.69. The summed E-state index contributed by atoms with van der Waals surface area (Å²) in [4.78, 5) is 9.11. The summed E-state index contributed by atoms with van der Waals surface area (Å²) in [7, 11) is 0. The lowest BCUT2D eigenvalue weighted by atomic mass is 10.1. The molecule has 1 aliphatic rings. The van der Waals surface area contributed by atoms with Gasteiger partial charge < -0.3 is 10.1 Å². The van der Waals surface area contributed by atoms with Gasteiger partial charge in [0.2, 0.25) is 0 Å². The lowest BCUT2D eigenvalue weighted by Crippen LogP contribution is -2.34. The molecule has 2 rings (SSSR count). The summed E-state index contributed by atoms with van der Waals surface area (Å²) >= 11 is 0. The molecule has 17 heavy (non-hydrogen) atoms. The number of nitrogens with one attached hydrogen (secondary N) is 1. The van der Waals surface area contributed by atoms with E-state index in [9.17, 15) is 0 Å². The Bertz CT molecular complexity index is 373. The first-order valence-corrected chi connectivity index (χ1v) is 6.32. The molecule has 1 aliphatic heterocycles. The third kappa shape index (κ3) is 3.48. The molecule has 0 bridgehead atoms. The second-order valence-electron chi connectivity index (χ2n) is 5.02. The molecular weight excluding hydrogens is 214 g/mol. The van der Waals surface area contributed by atoms with Crippen molar-refractivity contribution in [2.75, 3.05) is 19.7 Å². The van der Waals surface area contributed by atoms with Crippen LogP contribution in [0.15, 0.2) is 6.07 Å². The summed E-state index contributed by atoms with van der Waals surface area (Å²) in [5, 5.41) is 3.31. The molecule has 1 aromatic rings. The van der Waals surface area contributed by atoms with E-state index in [1.54, 1.807) is 0 Å². The van der Waals surface area contributed by atoms with Gasteiger partial charge in [0.15, 0.2) is 5.82 Å². The van der Waals surface area contributed by atoms with Crippen molar-refractivity contribution >= 4 is 0 Å². The highest BCUT2D eigenvalue weighted by Gasteiger charge is 2.19. The number of hydrogen-bond donors (Lipinski definition) is 1. The normalized spacial score (nSPS) is 20.8. The predicted molar refractivity (Wildman–Crippen MR) is 66.9 cm³/mol. The molecule has 4 heteroatoms. The fraction of sp³-hybridized carbons (Fsp3) is 0.692. The van der Waals surface area contributed by atoms with E-state index in [4.69, 9.17) is 4.74 Å². The Hall–Kier alpha value is -1.00. The van der Waals surface area contributed by atoms with Crippen LogP contribution in [-0.2, 0) is 11.2 Å². The molecule has 2 heterocycles. The fourth-order valence-corrected chi connectivity index (χ4v) is 2.06. The van der Waals surface area contributed by atoms with E-state index >= 15 is 0 Å². The Morgan fingerprint density at radius 1 is 1.47 bits per heavy atom. The van der Waals surface area contributed by atoms with Crippen LogP contribution in [0, 0.1) is 12.8 Å². The molecular formula is C13H21N3O. The highest BCUT2D eigenvalue weighted by molar-refractivity contribution is 5.12. The molecule has 0 amide bonds. The van der Waals surface area contributed by atoms with Crippen LogP contribution in [0.1, 0.15) is 37.2 Å². The molecule has 0 spiro atoms. The number of rotatable bonds is 3. The van der Waals surface area contributed by atoms with E-state index in [0.29, 0.717) is 5.92 Å². The van der Waals surface area contributed by atoms with Crippen molar-refractivity contribution in [3.63, 3.8) is 0 Å². The summed E-state index contributed by atoms with van der Waals surface area (Å²) in [6.07, 6.45) is 1.01. The number of ether oxygens (including phenoxy) is 1. The van der Waals surface area contributed by atoms with Gasteiger partial charge in [0.05, 0.1) is 6.61 Å². The third-order valence-electron chi connectivity index (χ3n) is 2.76. The van der Waals surface area contributed by atoms with Crippen LogP contribution in [0.5, 0.6) is 0 Å². The minimum Gasteiger partial charge on any atom is -0.368 e. The molecule has 1 fully saturated rings. The van der Waals surface area contributed by atoms with Crippen molar-refractivity contribution < 1.29 is 4.74 Å². The zero-order chi connectivity index (χ0) is 12.3. The van der Waals surface area contributed by atoms with Gasteiger partial charge in [0.1, 0.15) is 6.10 Å². The molecule has 1 unspecified atom stereocenters. The van der Waals surface area contributed by atoms with Crippen LogP contribution in [0.4, 0.5) is 0 Å². The van der Waals surface area contributed by atoms with Crippen LogP contribution in [-0.4, -0.2) is 29.7 Å². The average Bonchev–Trinajstić information content (AvgIpc) is 2.28. The van der Waals surface area contributed by atoms with Gasteiger partial charge in [-0.05, 0) is 25.3 Å². The minimum absolute atomic E-state index is 0.00885. The smallest absolute Gasteiger partial charge is 0.158 e. The van der Waals surface area contributed by atoms with E-state index in [2.05, 4.69) is 35.2 Å². The van der Waals surface area contributed by atoms with Crippen LogP contribution in [0.2, 0.25) is 0 Å². The lowest BCUT2D eigenvalue weighted by molar-refractivity contribution is 0.0218. The molecule has 94 valence electrons. The van der Waals surface area contributed by atoms with E-state index in [1.807, 2.05) is 6.92 Å². The maximum atomic E-state index is 5.69. The molecule has 1 saturated heterocycles. The highest BCUT2D eigenvalue weighted by Crippen LogP contribution is 2.16. The monoisotopic (exact) mass is 235 g/mol. The van der Waals surface area contributed by atoms with Crippen LogP contribution >= 0.6 is 0 Å². The SMILES string of the molecule is Cc1cc(CC(C)C)nc(C2CNCCO2)n1. The zero-order valence-electron chi connectivity index (χ0n) is 10.9. The van der Waals surface area contributed by atoms with Gasteiger partial charge in [0.25, 0.3) is 0 Å². The van der Waals surface area contributed by atoms with Crippen molar-refractivity contribution in [3.05, 3.63) is 23.3 Å². The van der Waals surface area contributed by atoms with Crippen LogP contribution in [0.25, 0.3) is 0 Å². The molecule has 0 saturated carbocycles. The van der Waals surface area contributed by atoms with E-state index < -0.39 is 0 Å². The maximum Gasteiger partial charge on any atom is 0.158 e. The van der Waals surface area contributed by atoms with Crippen molar-refractivity contribution in [1.29, 1.82) is 0 Å². The molecule has 1 N–H and O–H groups in total. The fourth-order valence-electron chi connectivity index (χ4n) is 2.06. The van der Waals surface area contributed by atoms with Gasteiger partial charge in [0, 0.05) is 24.5 Å². The second-order valence-corrected chi connectivity index (χ2v) is 5.02. The number of morpholine rings is 1. The van der Waals surface area contributed by atoms with Crippen molar-refractivity contribution in [3.8, 4) is 0 Å². The van der Waals surface area contributed by atoms with Crippen molar-refractivity contribution in [2.24, 2.45) is 5.92 Å². The topological polar surface area (TPSA) is 47.0 Å². The van der Waals surface area contributed by atoms with Gasteiger partial charge in [-0.2, -0.15) is 0 Å². The number of nitrogens with zero attached hydrogens (tertiary/aromatic N) is 2. The molecule has 1 aromatic heterocycles. The van der Waals surface area contributed by atoms with E-state index in [0.717, 1.165) is 43.3 Å². The second kappa shape index (κ2) is 5.56.